The number of hydrogen-bond donors (Lipinski definition) is 0. The molecule has 152 valence electrons. The summed E-state index contributed by atoms with van der Waals surface area (Å²) in [5.41, 5.74) is 4.47. The van der Waals surface area contributed by atoms with Crippen molar-refractivity contribution in [3.63, 3.8) is 0 Å². The molecule has 0 unspecified atom stereocenters. The van der Waals surface area contributed by atoms with E-state index in [1.165, 1.54) is 0 Å². The van der Waals surface area contributed by atoms with Gasteiger partial charge in [-0.15, -0.1) is 0 Å². The number of allylic oxidation sites excluding steroid dienone is 1. The van der Waals surface area contributed by atoms with Gasteiger partial charge in [-0.3, -0.25) is 9.69 Å². The molecule has 0 fully saturated rings. The summed E-state index contributed by atoms with van der Waals surface area (Å²) in [6.07, 6.45) is 1.81. The zero-order valence-corrected chi connectivity index (χ0v) is 17.3. The number of carbonyl (C=O) groups excluding carboxylic acids is 1. The van der Waals surface area contributed by atoms with Gasteiger partial charge in [-0.2, -0.15) is 0 Å². The number of rotatable bonds is 5. The van der Waals surface area contributed by atoms with Crippen LogP contribution < -0.4 is 14.4 Å². The fraction of sp³-hybridized carbons (Fsp3) is 0.348. The molecule has 4 rings (SSSR count). The van der Waals surface area contributed by atoms with Crippen LogP contribution in [-0.4, -0.2) is 51.8 Å². The zero-order chi connectivity index (χ0) is 20.5. The van der Waals surface area contributed by atoms with Gasteiger partial charge < -0.3 is 19.1 Å². The van der Waals surface area contributed by atoms with Crippen molar-refractivity contribution >= 4 is 17.5 Å². The average Bonchev–Trinajstić information content (AvgIpc) is 3.04. The fourth-order valence-corrected chi connectivity index (χ4v) is 3.66. The van der Waals surface area contributed by atoms with E-state index in [9.17, 15) is 4.79 Å². The van der Waals surface area contributed by atoms with Gasteiger partial charge in [0.15, 0.2) is 5.76 Å². The van der Waals surface area contributed by atoms with E-state index in [1.54, 1.807) is 13.2 Å². The highest BCUT2D eigenvalue weighted by Gasteiger charge is 2.35. The lowest BCUT2D eigenvalue weighted by atomic mass is 9.98. The number of nitrogens with zero attached hydrogens (tertiary/aromatic N) is 2. The van der Waals surface area contributed by atoms with Crippen molar-refractivity contribution in [2.75, 3.05) is 46.0 Å². The maximum absolute atomic E-state index is 13.1. The first-order valence-electron chi connectivity index (χ1n) is 9.70. The summed E-state index contributed by atoms with van der Waals surface area (Å²) in [7, 11) is 5.68. The summed E-state index contributed by atoms with van der Waals surface area (Å²) in [4.78, 5) is 17.2. The first-order chi connectivity index (χ1) is 14.0. The number of benzene rings is 2. The molecule has 0 aromatic heterocycles. The second kappa shape index (κ2) is 7.89. The molecule has 2 aromatic carbocycles. The maximum Gasteiger partial charge on any atom is 0.232 e. The third kappa shape index (κ3) is 3.73. The largest absolute Gasteiger partial charge is 0.478 e. The molecule has 0 N–H and O–H groups in total. The molecule has 0 radical (unpaired) electrons. The summed E-state index contributed by atoms with van der Waals surface area (Å²) in [5, 5.41) is 0. The van der Waals surface area contributed by atoms with Crippen LogP contribution in [0, 0.1) is 6.92 Å². The van der Waals surface area contributed by atoms with Crippen molar-refractivity contribution in [1.82, 2.24) is 4.90 Å². The Balaban J connectivity index is 1.65. The van der Waals surface area contributed by atoms with Gasteiger partial charge in [0.05, 0.1) is 17.7 Å². The molecule has 0 saturated heterocycles. The lowest BCUT2D eigenvalue weighted by molar-refractivity contribution is 0.0646. The van der Waals surface area contributed by atoms with Crippen LogP contribution in [0.4, 0.5) is 5.69 Å². The van der Waals surface area contributed by atoms with E-state index in [4.69, 9.17) is 14.2 Å². The summed E-state index contributed by atoms with van der Waals surface area (Å²) in [5.74, 6) is 1.69. The van der Waals surface area contributed by atoms with Gasteiger partial charge in [0.1, 0.15) is 18.2 Å². The fourth-order valence-electron chi connectivity index (χ4n) is 3.66. The predicted molar refractivity (Wildman–Crippen MR) is 113 cm³/mol. The van der Waals surface area contributed by atoms with Crippen molar-refractivity contribution in [3.8, 4) is 11.5 Å². The molecule has 0 saturated carbocycles. The van der Waals surface area contributed by atoms with Crippen LogP contribution >= 0.6 is 0 Å². The van der Waals surface area contributed by atoms with Crippen LogP contribution in [-0.2, 0) is 11.3 Å². The van der Waals surface area contributed by atoms with E-state index < -0.39 is 0 Å². The lowest BCUT2D eigenvalue weighted by Gasteiger charge is -2.29. The van der Waals surface area contributed by atoms with Crippen molar-refractivity contribution in [2.24, 2.45) is 0 Å². The van der Waals surface area contributed by atoms with Crippen molar-refractivity contribution in [3.05, 3.63) is 58.3 Å². The molecular formula is C23H26N2O4. The van der Waals surface area contributed by atoms with Gasteiger partial charge >= 0.3 is 0 Å². The number of methoxy groups -OCH3 is 1. The van der Waals surface area contributed by atoms with Gasteiger partial charge in [0, 0.05) is 40.0 Å². The molecule has 0 atom stereocenters. The molecule has 29 heavy (non-hydrogen) atoms. The number of anilines is 1. The van der Waals surface area contributed by atoms with Crippen LogP contribution in [0.1, 0.15) is 27.0 Å². The molecule has 2 heterocycles. The molecule has 2 aromatic rings. The number of ketones is 1. The summed E-state index contributed by atoms with van der Waals surface area (Å²) >= 11 is 0. The molecule has 0 aliphatic carbocycles. The maximum atomic E-state index is 13.1. The molecular weight excluding hydrogens is 368 g/mol. The monoisotopic (exact) mass is 394 g/mol. The van der Waals surface area contributed by atoms with Crippen LogP contribution in [0.2, 0.25) is 0 Å². The Labute approximate surface area is 171 Å². The molecule has 0 spiro atoms. The Hall–Kier alpha value is -2.83. The SMILES string of the molecule is COCCN1COc2cc(C)c3c(c2C1)O/C(=C\c1ccc(N(C)C)cc1)C3=O. The standard InChI is InChI=1S/C23H26N2O4/c1-15-11-19-18(13-25(14-28-19)9-10-27-4)23-21(15)22(26)20(29-23)12-16-5-7-17(8-6-16)24(2)3/h5-8,11-12H,9-10,13-14H2,1-4H3/b20-12-. The number of Topliss-reactive ketones (excluding diaryl/α,β-unsaturated/α-hetero) is 1. The van der Waals surface area contributed by atoms with Gasteiger partial charge in [-0.1, -0.05) is 12.1 Å². The van der Waals surface area contributed by atoms with E-state index in [0.29, 0.717) is 37.0 Å². The lowest BCUT2D eigenvalue weighted by Crippen LogP contribution is -2.34. The second-order valence-electron chi connectivity index (χ2n) is 7.62. The van der Waals surface area contributed by atoms with E-state index >= 15 is 0 Å². The molecule has 6 nitrogen and oxygen atoms in total. The number of hydrogen-bond acceptors (Lipinski definition) is 6. The van der Waals surface area contributed by atoms with E-state index in [1.807, 2.05) is 56.3 Å². The minimum atomic E-state index is -0.0778. The quantitative estimate of drug-likeness (QED) is 0.724. The zero-order valence-electron chi connectivity index (χ0n) is 17.3. The van der Waals surface area contributed by atoms with E-state index in [-0.39, 0.29) is 5.78 Å². The summed E-state index contributed by atoms with van der Waals surface area (Å²) in [6.45, 7) is 4.48. The van der Waals surface area contributed by atoms with Crippen LogP contribution in [0.15, 0.2) is 36.1 Å². The van der Waals surface area contributed by atoms with Crippen LogP contribution in [0.25, 0.3) is 6.08 Å². The van der Waals surface area contributed by atoms with E-state index in [0.717, 1.165) is 34.7 Å². The first-order valence-corrected chi connectivity index (χ1v) is 9.70. The first kappa shape index (κ1) is 19.5. The van der Waals surface area contributed by atoms with Crippen LogP contribution in [0.3, 0.4) is 0 Å². The highest BCUT2D eigenvalue weighted by atomic mass is 16.5. The number of fused-ring (bicyclic) bond motifs is 3. The summed E-state index contributed by atoms with van der Waals surface area (Å²) < 4.78 is 17.2. The Kier molecular flexibility index (Phi) is 5.30. The minimum Gasteiger partial charge on any atom is -0.478 e. The van der Waals surface area contributed by atoms with Gasteiger partial charge in [0.2, 0.25) is 5.78 Å². The number of aryl methyl sites for hydroxylation is 1. The Morgan fingerprint density at radius 3 is 2.69 bits per heavy atom. The van der Waals surface area contributed by atoms with E-state index in [2.05, 4.69) is 4.90 Å². The highest BCUT2D eigenvalue weighted by molar-refractivity contribution is 6.15. The predicted octanol–water partition coefficient (Wildman–Crippen LogP) is 3.48. The number of carbonyl (C=O) groups is 1. The van der Waals surface area contributed by atoms with Gasteiger partial charge in [-0.05, 0) is 42.3 Å². The van der Waals surface area contributed by atoms with Crippen molar-refractivity contribution in [2.45, 2.75) is 13.5 Å². The van der Waals surface area contributed by atoms with Crippen molar-refractivity contribution < 1.29 is 19.0 Å². The Morgan fingerprint density at radius 1 is 1.24 bits per heavy atom. The molecule has 2 aliphatic rings. The molecule has 0 bridgehead atoms. The molecule has 6 heteroatoms. The highest BCUT2D eigenvalue weighted by Crippen LogP contribution is 2.44. The minimum absolute atomic E-state index is 0.0778. The van der Waals surface area contributed by atoms with Crippen LogP contribution in [0.5, 0.6) is 11.5 Å². The third-order valence-electron chi connectivity index (χ3n) is 5.31. The Morgan fingerprint density at radius 2 is 2.00 bits per heavy atom. The van der Waals surface area contributed by atoms with Gasteiger partial charge in [0.25, 0.3) is 0 Å². The topological polar surface area (TPSA) is 51.2 Å². The smallest absolute Gasteiger partial charge is 0.232 e. The molecule has 2 aliphatic heterocycles. The second-order valence-corrected chi connectivity index (χ2v) is 7.62. The molecule has 0 amide bonds. The average molecular weight is 394 g/mol. The van der Waals surface area contributed by atoms with Crippen molar-refractivity contribution in [1.29, 1.82) is 0 Å². The number of ether oxygens (including phenoxy) is 3. The summed E-state index contributed by atoms with van der Waals surface area (Å²) in [6, 6.07) is 9.96. The Bertz CT molecular complexity index is 964. The normalized spacial score (nSPS) is 17.0. The van der Waals surface area contributed by atoms with Gasteiger partial charge in [-0.25, -0.2) is 0 Å². The third-order valence-corrected chi connectivity index (χ3v) is 5.31.